The van der Waals surface area contributed by atoms with Crippen molar-refractivity contribution in [1.29, 1.82) is 0 Å². The Morgan fingerprint density at radius 3 is 2.56 bits per heavy atom. The van der Waals surface area contributed by atoms with Gasteiger partial charge in [-0.3, -0.25) is 4.79 Å². The molecule has 2 aromatic rings. The Morgan fingerprint density at radius 1 is 1.32 bits per heavy atom. The third-order valence-electron chi connectivity index (χ3n) is 4.12. The Kier molecular flexibility index (Phi) is 5.29. The first-order chi connectivity index (χ1) is 11.6. The molecule has 0 saturated heterocycles. The minimum absolute atomic E-state index is 0.0826. The number of hydrogen-bond acceptors (Lipinski definition) is 4. The fourth-order valence-electron chi connectivity index (χ4n) is 2.41. The smallest absolute Gasteiger partial charge is 0.437 e. The molecule has 8 heteroatoms. The van der Waals surface area contributed by atoms with E-state index in [1.54, 1.807) is 13.8 Å². The van der Waals surface area contributed by atoms with Crippen LogP contribution in [0.4, 0.5) is 13.2 Å². The lowest BCUT2D eigenvalue weighted by molar-refractivity contribution is -0.141. The molecule has 2 rings (SSSR count). The third kappa shape index (κ3) is 4.05. The number of hydrogen-bond donors (Lipinski definition) is 1. The maximum absolute atomic E-state index is 13.0. The second kappa shape index (κ2) is 6.93. The number of benzene rings is 1. The monoisotopic (exact) mass is 358 g/mol. The molecule has 0 spiro atoms. The summed E-state index contributed by atoms with van der Waals surface area (Å²) in [5, 5.41) is 3.09. The SMILES string of the molecule is CCCc1c(OCCC(C)(C)C(N)=O)ccc2c(C(F)(F)F)noc12. The highest BCUT2D eigenvalue weighted by Crippen LogP contribution is 2.38. The highest BCUT2D eigenvalue weighted by molar-refractivity contribution is 5.85. The van der Waals surface area contributed by atoms with Gasteiger partial charge in [0.15, 0.2) is 11.3 Å². The summed E-state index contributed by atoms with van der Waals surface area (Å²) in [6.07, 6.45) is -3.01. The van der Waals surface area contributed by atoms with Crippen molar-refractivity contribution < 1.29 is 27.2 Å². The standard InChI is InChI=1S/C17H21F3N2O3/c1-4-5-10-12(24-9-8-16(2,3)15(21)23)7-6-11-13(10)25-22-14(11)17(18,19)20/h6-7H,4-5,8-9H2,1-3H3,(H2,21,23). The van der Waals surface area contributed by atoms with Crippen LogP contribution in [0.25, 0.3) is 11.0 Å². The van der Waals surface area contributed by atoms with Gasteiger partial charge in [0.2, 0.25) is 5.91 Å². The third-order valence-corrected chi connectivity index (χ3v) is 4.12. The van der Waals surface area contributed by atoms with Crippen molar-refractivity contribution in [1.82, 2.24) is 5.16 Å². The summed E-state index contributed by atoms with van der Waals surface area (Å²) in [7, 11) is 0. The summed E-state index contributed by atoms with van der Waals surface area (Å²) < 4.78 is 49.6. The summed E-state index contributed by atoms with van der Waals surface area (Å²) in [6, 6.07) is 2.78. The van der Waals surface area contributed by atoms with Crippen molar-refractivity contribution in [3.05, 3.63) is 23.4 Å². The van der Waals surface area contributed by atoms with Gasteiger partial charge in [-0.1, -0.05) is 32.3 Å². The normalized spacial score (nSPS) is 12.6. The molecule has 2 N–H and O–H groups in total. The Hall–Kier alpha value is -2.25. The number of aryl methyl sites for hydroxylation is 1. The molecule has 0 radical (unpaired) electrons. The van der Waals surface area contributed by atoms with Crippen LogP contribution in [-0.2, 0) is 17.4 Å². The van der Waals surface area contributed by atoms with Crippen LogP contribution in [0.5, 0.6) is 5.75 Å². The van der Waals surface area contributed by atoms with Gasteiger partial charge in [0.1, 0.15) is 5.75 Å². The molecule has 0 atom stereocenters. The number of amides is 1. The molecule has 1 aromatic carbocycles. The van der Waals surface area contributed by atoms with Crippen LogP contribution in [0.1, 0.15) is 44.9 Å². The lowest BCUT2D eigenvalue weighted by atomic mass is 9.89. The molecule has 0 unspecified atom stereocenters. The molecule has 1 heterocycles. The van der Waals surface area contributed by atoms with E-state index in [9.17, 15) is 18.0 Å². The van der Waals surface area contributed by atoms with E-state index in [0.717, 1.165) is 0 Å². The first-order valence-electron chi connectivity index (χ1n) is 7.99. The zero-order chi connectivity index (χ0) is 18.8. The van der Waals surface area contributed by atoms with Gasteiger partial charge in [-0.25, -0.2) is 0 Å². The molecule has 0 aliphatic heterocycles. The second-order valence-corrected chi connectivity index (χ2v) is 6.54. The maximum atomic E-state index is 13.0. The van der Waals surface area contributed by atoms with Crippen molar-refractivity contribution >= 4 is 16.9 Å². The number of halogens is 3. The number of nitrogens with two attached hydrogens (primary N) is 1. The van der Waals surface area contributed by atoms with Gasteiger partial charge in [-0.15, -0.1) is 0 Å². The van der Waals surface area contributed by atoms with Crippen molar-refractivity contribution in [2.45, 2.75) is 46.2 Å². The van der Waals surface area contributed by atoms with Crippen molar-refractivity contribution in [3.8, 4) is 5.75 Å². The van der Waals surface area contributed by atoms with Crippen molar-refractivity contribution in [2.75, 3.05) is 6.61 Å². The number of carbonyl (C=O) groups excluding carboxylic acids is 1. The van der Waals surface area contributed by atoms with Gasteiger partial charge in [0, 0.05) is 11.0 Å². The second-order valence-electron chi connectivity index (χ2n) is 6.54. The highest BCUT2D eigenvalue weighted by atomic mass is 19.4. The number of carbonyl (C=O) groups is 1. The molecule has 0 fully saturated rings. The predicted octanol–water partition coefficient (Wildman–Crippen LogP) is 4.08. The van der Waals surface area contributed by atoms with E-state index >= 15 is 0 Å². The van der Waals surface area contributed by atoms with Crippen molar-refractivity contribution in [2.24, 2.45) is 11.1 Å². The van der Waals surface area contributed by atoms with Crippen LogP contribution in [0.3, 0.4) is 0 Å². The van der Waals surface area contributed by atoms with Crippen molar-refractivity contribution in [3.63, 3.8) is 0 Å². The van der Waals surface area contributed by atoms with E-state index in [0.29, 0.717) is 30.6 Å². The summed E-state index contributed by atoms with van der Waals surface area (Å²) in [5.41, 5.74) is 4.17. The minimum Gasteiger partial charge on any atom is -0.493 e. The zero-order valence-corrected chi connectivity index (χ0v) is 14.4. The van der Waals surface area contributed by atoms with Crippen LogP contribution >= 0.6 is 0 Å². The molecular weight excluding hydrogens is 337 g/mol. The van der Waals surface area contributed by atoms with Gasteiger partial charge in [-0.05, 0) is 25.0 Å². The lowest BCUT2D eigenvalue weighted by Gasteiger charge is -2.20. The number of nitrogens with zero attached hydrogens (tertiary/aromatic N) is 1. The Balaban J connectivity index is 2.31. The quantitative estimate of drug-likeness (QED) is 0.809. The number of ether oxygens (including phenoxy) is 1. The van der Waals surface area contributed by atoms with Crippen LogP contribution in [0.15, 0.2) is 16.7 Å². The fourth-order valence-corrected chi connectivity index (χ4v) is 2.41. The number of alkyl halides is 3. The maximum Gasteiger partial charge on any atom is 0.437 e. The Labute approximate surface area is 143 Å². The van der Waals surface area contributed by atoms with E-state index in [1.165, 1.54) is 12.1 Å². The average Bonchev–Trinajstić information content (AvgIpc) is 2.93. The molecule has 0 saturated carbocycles. The first kappa shape index (κ1) is 19.1. The van der Waals surface area contributed by atoms with Crippen LogP contribution < -0.4 is 10.5 Å². The van der Waals surface area contributed by atoms with Crippen LogP contribution in [-0.4, -0.2) is 17.7 Å². The number of fused-ring (bicyclic) bond motifs is 1. The van der Waals surface area contributed by atoms with Crippen LogP contribution in [0.2, 0.25) is 0 Å². The molecule has 0 aliphatic rings. The lowest BCUT2D eigenvalue weighted by Crippen LogP contribution is -2.32. The average molecular weight is 358 g/mol. The highest BCUT2D eigenvalue weighted by Gasteiger charge is 2.37. The largest absolute Gasteiger partial charge is 0.493 e. The topological polar surface area (TPSA) is 78.4 Å². The van der Waals surface area contributed by atoms with E-state index in [1.807, 2.05) is 6.92 Å². The summed E-state index contributed by atoms with van der Waals surface area (Å²) >= 11 is 0. The van der Waals surface area contributed by atoms with Gasteiger partial charge < -0.3 is 15.0 Å². The minimum atomic E-state index is -4.58. The van der Waals surface area contributed by atoms with Gasteiger partial charge in [0.25, 0.3) is 0 Å². The molecule has 1 amide bonds. The first-order valence-corrected chi connectivity index (χ1v) is 7.99. The van der Waals surface area contributed by atoms with Gasteiger partial charge >= 0.3 is 6.18 Å². The van der Waals surface area contributed by atoms with Gasteiger partial charge in [0.05, 0.1) is 12.0 Å². The van der Waals surface area contributed by atoms with Crippen LogP contribution in [0, 0.1) is 5.41 Å². The van der Waals surface area contributed by atoms with E-state index in [-0.39, 0.29) is 17.6 Å². The predicted molar refractivity (Wildman–Crippen MR) is 86.1 cm³/mol. The van der Waals surface area contributed by atoms with Gasteiger partial charge in [-0.2, -0.15) is 13.2 Å². The summed E-state index contributed by atoms with van der Waals surface area (Å²) in [4.78, 5) is 11.3. The molecule has 25 heavy (non-hydrogen) atoms. The number of primary amides is 1. The molecule has 5 nitrogen and oxygen atoms in total. The number of rotatable bonds is 7. The van der Waals surface area contributed by atoms with E-state index in [2.05, 4.69) is 5.16 Å². The number of aromatic nitrogens is 1. The summed E-state index contributed by atoms with van der Waals surface area (Å²) in [6.45, 7) is 5.53. The van der Waals surface area contributed by atoms with E-state index < -0.39 is 23.2 Å². The molecule has 0 aliphatic carbocycles. The Bertz CT molecular complexity index is 766. The summed E-state index contributed by atoms with van der Waals surface area (Å²) in [5.74, 6) is -0.00937. The molecule has 1 aromatic heterocycles. The Morgan fingerprint density at radius 2 is 2.00 bits per heavy atom. The zero-order valence-electron chi connectivity index (χ0n) is 14.4. The molecule has 0 bridgehead atoms. The van der Waals surface area contributed by atoms with E-state index in [4.69, 9.17) is 15.0 Å². The molecular formula is C17H21F3N2O3. The molecule has 138 valence electrons. The fraction of sp³-hybridized carbons (Fsp3) is 0.529.